The van der Waals surface area contributed by atoms with E-state index >= 15 is 0 Å². The van der Waals surface area contributed by atoms with Gasteiger partial charge >= 0.3 is 0 Å². The summed E-state index contributed by atoms with van der Waals surface area (Å²) in [6.07, 6.45) is 6.10. The number of imidazole rings is 1. The van der Waals surface area contributed by atoms with Crippen LogP contribution in [0.2, 0.25) is 0 Å². The molecule has 0 radical (unpaired) electrons. The lowest BCUT2D eigenvalue weighted by Gasteiger charge is -2.19. The van der Waals surface area contributed by atoms with E-state index in [0.29, 0.717) is 13.0 Å². The van der Waals surface area contributed by atoms with E-state index in [-0.39, 0.29) is 11.8 Å². The summed E-state index contributed by atoms with van der Waals surface area (Å²) in [5.74, 6) is 1.29. The van der Waals surface area contributed by atoms with Crippen molar-refractivity contribution in [3.63, 3.8) is 0 Å². The predicted molar refractivity (Wildman–Crippen MR) is 83.1 cm³/mol. The van der Waals surface area contributed by atoms with Crippen molar-refractivity contribution in [2.24, 2.45) is 5.92 Å². The molecule has 2 aliphatic rings. The van der Waals surface area contributed by atoms with Crippen molar-refractivity contribution in [1.29, 1.82) is 0 Å². The van der Waals surface area contributed by atoms with Gasteiger partial charge in [-0.05, 0) is 19.8 Å². The highest BCUT2D eigenvalue weighted by Crippen LogP contribution is 2.23. The number of aryl methyl sites for hydroxylation is 1. The van der Waals surface area contributed by atoms with Gasteiger partial charge in [-0.2, -0.15) is 0 Å². The molecule has 1 amide bonds. The third kappa shape index (κ3) is 3.33. The Balaban J connectivity index is 1.54. The predicted octanol–water partition coefficient (Wildman–Crippen LogP) is 0.708. The first-order chi connectivity index (χ1) is 10.7. The van der Waals surface area contributed by atoms with Crippen molar-refractivity contribution >= 4 is 5.91 Å². The van der Waals surface area contributed by atoms with Gasteiger partial charge in [-0.25, -0.2) is 4.98 Å². The summed E-state index contributed by atoms with van der Waals surface area (Å²) in [5.41, 5.74) is 0. The minimum atomic E-state index is -0.406. The number of hydrogen-bond acceptors (Lipinski definition) is 4. The molecule has 0 aliphatic carbocycles. The Hall–Kier alpha value is -1.40. The molecule has 2 atom stereocenters. The third-order valence-corrected chi connectivity index (χ3v) is 4.89. The van der Waals surface area contributed by atoms with Crippen molar-refractivity contribution < 1.29 is 9.90 Å². The first-order valence-corrected chi connectivity index (χ1v) is 8.35. The van der Waals surface area contributed by atoms with Gasteiger partial charge in [-0.15, -0.1) is 0 Å². The van der Waals surface area contributed by atoms with Gasteiger partial charge in [0, 0.05) is 57.5 Å². The molecule has 122 valence electrons. The van der Waals surface area contributed by atoms with Crippen LogP contribution in [0.4, 0.5) is 0 Å². The van der Waals surface area contributed by atoms with Gasteiger partial charge < -0.3 is 14.6 Å². The minimum Gasteiger partial charge on any atom is -0.391 e. The van der Waals surface area contributed by atoms with Gasteiger partial charge in [0.25, 0.3) is 0 Å². The molecule has 0 bridgehead atoms. The third-order valence-electron chi connectivity index (χ3n) is 4.89. The molecule has 3 heterocycles. The Labute approximate surface area is 131 Å². The van der Waals surface area contributed by atoms with Crippen molar-refractivity contribution in [2.75, 3.05) is 26.2 Å². The van der Waals surface area contributed by atoms with Crippen LogP contribution >= 0.6 is 0 Å². The maximum Gasteiger partial charge on any atom is 0.222 e. The fourth-order valence-electron chi connectivity index (χ4n) is 3.57. The van der Waals surface area contributed by atoms with Crippen LogP contribution in [0.5, 0.6) is 0 Å². The Morgan fingerprint density at radius 1 is 1.36 bits per heavy atom. The summed E-state index contributed by atoms with van der Waals surface area (Å²) in [6.45, 7) is 6.93. The van der Waals surface area contributed by atoms with Gasteiger partial charge in [0.1, 0.15) is 5.82 Å². The van der Waals surface area contributed by atoms with E-state index < -0.39 is 6.10 Å². The van der Waals surface area contributed by atoms with E-state index in [0.717, 1.165) is 51.4 Å². The summed E-state index contributed by atoms with van der Waals surface area (Å²) >= 11 is 0. The van der Waals surface area contributed by atoms with E-state index in [2.05, 4.69) is 21.4 Å². The first-order valence-electron chi connectivity index (χ1n) is 8.35. The average molecular weight is 306 g/mol. The minimum absolute atomic E-state index is 0.0538. The molecule has 1 N–H and O–H groups in total. The maximum absolute atomic E-state index is 12.3. The number of amides is 1. The average Bonchev–Trinajstić information content (AvgIpc) is 3.22. The zero-order valence-corrected chi connectivity index (χ0v) is 13.3. The van der Waals surface area contributed by atoms with Gasteiger partial charge in [0.15, 0.2) is 0 Å². The zero-order valence-electron chi connectivity index (χ0n) is 13.3. The highest BCUT2D eigenvalue weighted by atomic mass is 16.3. The summed E-state index contributed by atoms with van der Waals surface area (Å²) in [6, 6.07) is 0. The van der Waals surface area contributed by atoms with E-state index in [1.54, 1.807) is 0 Å². The Morgan fingerprint density at radius 2 is 2.14 bits per heavy atom. The van der Waals surface area contributed by atoms with Crippen LogP contribution in [-0.2, 0) is 17.9 Å². The normalized spacial score (nSPS) is 26.0. The van der Waals surface area contributed by atoms with Gasteiger partial charge in [-0.3, -0.25) is 9.69 Å². The second-order valence-electron chi connectivity index (χ2n) is 6.44. The lowest BCUT2D eigenvalue weighted by Crippen LogP contribution is -2.32. The molecular formula is C16H26N4O2. The molecule has 6 nitrogen and oxygen atoms in total. The van der Waals surface area contributed by atoms with E-state index in [1.165, 1.54) is 0 Å². The van der Waals surface area contributed by atoms with E-state index in [4.69, 9.17) is 0 Å². The fourth-order valence-corrected chi connectivity index (χ4v) is 3.57. The molecule has 0 aromatic carbocycles. The second-order valence-corrected chi connectivity index (χ2v) is 6.44. The standard InChI is InChI=1S/C16H26N4O2/c1-2-19-8-5-17-15(19)12-18-10-13(14(21)11-18)9-16(22)20-6-3-4-7-20/h5,8,13-14,21H,2-4,6-7,9-12H2,1H3/t13-,14-/m0/s1. The molecule has 3 rings (SSSR count). The fraction of sp³-hybridized carbons (Fsp3) is 0.750. The number of hydrogen-bond donors (Lipinski definition) is 1. The van der Waals surface area contributed by atoms with Crippen LogP contribution in [0.1, 0.15) is 32.0 Å². The van der Waals surface area contributed by atoms with Crippen molar-refractivity contribution in [3.05, 3.63) is 18.2 Å². The number of β-amino-alcohol motifs (C(OH)–C–C–N with tert-alkyl or cyclic N) is 1. The number of aliphatic hydroxyl groups excluding tert-OH is 1. The quantitative estimate of drug-likeness (QED) is 0.870. The van der Waals surface area contributed by atoms with Gasteiger partial charge in [0.2, 0.25) is 5.91 Å². The Bertz CT molecular complexity index is 510. The topological polar surface area (TPSA) is 61.6 Å². The molecule has 0 spiro atoms. The zero-order chi connectivity index (χ0) is 15.5. The van der Waals surface area contributed by atoms with E-state index in [9.17, 15) is 9.90 Å². The molecule has 0 saturated carbocycles. The monoisotopic (exact) mass is 306 g/mol. The largest absolute Gasteiger partial charge is 0.391 e. The van der Waals surface area contributed by atoms with Gasteiger partial charge in [0.05, 0.1) is 12.6 Å². The molecule has 1 aromatic heterocycles. The first kappa shape index (κ1) is 15.5. The number of rotatable bonds is 5. The lowest BCUT2D eigenvalue weighted by molar-refractivity contribution is -0.131. The molecule has 1 aromatic rings. The van der Waals surface area contributed by atoms with Crippen LogP contribution < -0.4 is 0 Å². The highest BCUT2D eigenvalue weighted by molar-refractivity contribution is 5.76. The van der Waals surface area contributed by atoms with Crippen molar-refractivity contribution in [3.8, 4) is 0 Å². The summed E-state index contributed by atoms with van der Waals surface area (Å²) in [7, 11) is 0. The molecular weight excluding hydrogens is 280 g/mol. The maximum atomic E-state index is 12.3. The number of aromatic nitrogens is 2. The van der Waals surface area contributed by atoms with Crippen LogP contribution in [0.25, 0.3) is 0 Å². The SMILES string of the molecule is CCn1ccnc1CN1C[C@H](CC(=O)N2CCCC2)[C@@H](O)C1. The van der Waals surface area contributed by atoms with Crippen LogP contribution in [0.15, 0.2) is 12.4 Å². The summed E-state index contributed by atoms with van der Waals surface area (Å²) in [4.78, 5) is 20.8. The molecule has 2 fully saturated rings. The number of likely N-dealkylation sites (tertiary alicyclic amines) is 2. The highest BCUT2D eigenvalue weighted by Gasteiger charge is 2.34. The van der Waals surface area contributed by atoms with Crippen LogP contribution in [0, 0.1) is 5.92 Å². The van der Waals surface area contributed by atoms with Crippen molar-refractivity contribution in [2.45, 2.75) is 45.4 Å². The number of carbonyl (C=O) groups excluding carboxylic acids is 1. The number of nitrogens with zero attached hydrogens (tertiary/aromatic N) is 4. The van der Waals surface area contributed by atoms with Crippen molar-refractivity contribution in [1.82, 2.24) is 19.4 Å². The molecule has 2 saturated heterocycles. The summed E-state index contributed by atoms with van der Waals surface area (Å²) in [5, 5.41) is 10.3. The summed E-state index contributed by atoms with van der Waals surface area (Å²) < 4.78 is 2.12. The molecule has 0 unspecified atom stereocenters. The van der Waals surface area contributed by atoms with Crippen LogP contribution in [0.3, 0.4) is 0 Å². The molecule has 2 aliphatic heterocycles. The molecule has 6 heteroatoms. The number of aliphatic hydroxyl groups is 1. The Morgan fingerprint density at radius 3 is 2.86 bits per heavy atom. The molecule has 22 heavy (non-hydrogen) atoms. The smallest absolute Gasteiger partial charge is 0.222 e. The van der Waals surface area contributed by atoms with Crippen LogP contribution in [-0.4, -0.2) is 62.6 Å². The Kier molecular flexibility index (Phi) is 4.78. The number of carbonyl (C=O) groups is 1. The second kappa shape index (κ2) is 6.79. The lowest BCUT2D eigenvalue weighted by atomic mass is 10.0. The van der Waals surface area contributed by atoms with Gasteiger partial charge in [-0.1, -0.05) is 0 Å². The van der Waals surface area contributed by atoms with E-state index in [1.807, 2.05) is 17.3 Å².